The molecule has 0 fully saturated rings. The predicted octanol–water partition coefficient (Wildman–Crippen LogP) is 2.06. The van der Waals surface area contributed by atoms with Crippen LogP contribution in [0.2, 0.25) is 0 Å². The lowest BCUT2D eigenvalue weighted by Crippen LogP contribution is -2.24. The molecule has 2 heterocycles. The van der Waals surface area contributed by atoms with Crippen LogP contribution in [0.4, 0.5) is 13.2 Å². The molecule has 6 heteroatoms. The van der Waals surface area contributed by atoms with Gasteiger partial charge >= 0.3 is 5.79 Å². The normalized spacial score (nSPS) is 34.5. The fraction of sp³-hybridized carbons (Fsp3) is 0.200. The number of aliphatic imine (C=N–C) groups is 2. The third-order valence-corrected chi connectivity index (χ3v) is 2.34. The summed E-state index contributed by atoms with van der Waals surface area (Å²) in [5.41, 5.74) is -0.192. The number of fused-ring (bicyclic) bond motifs is 1. The highest BCUT2D eigenvalue weighted by Gasteiger charge is 2.58. The average molecular weight is 272 g/mol. The molecule has 1 atom stereocenters. The summed E-state index contributed by atoms with van der Waals surface area (Å²) in [4.78, 5) is 5.86. The van der Waals surface area contributed by atoms with Crippen molar-refractivity contribution in [2.45, 2.75) is 5.79 Å². The van der Waals surface area contributed by atoms with E-state index in [0.29, 0.717) is 0 Å². The van der Waals surface area contributed by atoms with E-state index < -0.39 is 17.7 Å². The van der Waals surface area contributed by atoms with Gasteiger partial charge in [0.05, 0.1) is 3.58 Å². The summed E-state index contributed by atoms with van der Waals surface area (Å²) in [6.45, 7) is 0. The first-order valence-corrected chi connectivity index (χ1v) is 3.73. The summed E-state index contributed by atoms with van der Waals surface area (Å²) in [7, 11) is 0. The Balaban J connectivity index is 2.51. The van der Waals surface area contributed by atoms with Crippen LogP contribution in [0.15, 0.2) is 19.5 Å². The van der Waals surface area contributed by atoms with E-state index >= 15 is 0 Å². The van der Waals surface area contributed by atoms with Gasteiger partial charge in [-0.2, -0.15) is 13.8 Å². The second kappa shape index (κ2) is 1.85. The van der Waals surface area contributed by atoms with E-state index in [1.165, 1.54) is 22.6 Å². The van der Waals surface area contributed by atoms with E-state index in [4.69, 9.17) is 0 Å². The van der Waals surface area contributed by atoms with E-state index in [0.717, 1.165) is 0 Å². The highest BCUT2D eigenvalue weighted by Crippen LogP contribution is 2.43. The average Bonchev–Trinajstić information content (AvgIpc) is 2.60. The van der Waals surface area contributed by atoms with Gasteiger partial charge in [-0.05, 0) is 22.6 Å². The van der Waals surface area contributed by atoms with Gasteiger partial charge in [0, 0.05) is 0 Å². The van der Waals surface area contributed by atoms with Crippen LogP contribution in [0.5, 0.6) is 0 Å². The van der Waals surface area contributed by atoms with Crippen molar-refractivity contribution in [1.82, 2.24) is 0 Å². The molecule has 58 valence electrons. The summed E-state index contributed by atoms with van der Waals surface area (Å²) in [6.07, 6.45) is 0. The van der Waals surface area contributed by atoms with Gasteiger partial charge in [-0.15, -0.1) is 0 Å². The Morgan fingerprint density at radius 2 is 2.00 bits per heavy atom. The summed E-state index contributed by atoms with van der Waals surface area (Å²) >= 11 is 1.53. The molecule has 2 aliphatic rings. The zero-order valence-electron chi connectivity index (χ0n) is 4.91. The molecular formula is C5F3IN2. The van der Waals surface area contributed by atoms with Gasteiger partial charge in [-0.3, -0.25) is 0 Å². The third kappa shape index (κ3) is 0.784. The maximum absolute atomic E-state index is 12.8. The Kier molecular flexibility index (Phi) is 1.22. The van der Waals surface area contributed by atoms with Crippen LogP contribution in [0.1, 0.15) is 0 Å². The molecule has 2 aliphatic heterocycles. The summed E-state index contributed by atoms with van der Waals surface area (Å²) in [5, 5.41) is 0. The van der Waals surface area contributed by atoms with Crippen LogP contribution >= 0.6 is 22.6 Å². The lowest BCUT2D eigenvalue weighted by Gasteiger charge is -2.05. The van der Waals surface area contributed by atoms with Crippen molar-refractivity contribution in [3.63, 3.8) is 0 Å². The van der Waals surface area contributed by atoms with Crippen molar-refractivity contribution in [2.75, 3.05) is 0 Å². The smallest absolute Gasteiger partial charge is 0.230 e. The van der Waals surface area contributed by atoms with E-state index in [1.54, 1.807) is 0 Å². The van der Waals surface area contributed by atoms with E-state index in [9.17, 15) is 13.2 Å². The minimum atomic E-state index is -2.42. The van der Waals surface area contributed by atoms with Crippen molar-refractivity contribution < 1.29 is 13.2 Å². The van der Waals surface area contributed by atoms with Crippen molar-refractivity contribution in [2.24, 2.45) is 9.98 Å². The number of halogens is 4. The molecule has 0 amide bonds. The highest BCUT2D eigenvalue weighted by molar-refractivity contribution is 14.1. The number of hydrogen-bond donors (Lipinski definition) is 0. The van der Waals surface area contributed by atoms with Crippen molar-refractivity contribution >= 4 is 34.3 Å². The molecule has 0 saturated heterocycles. The Morgan fingerprint density at radius 3 is 2.64 bits per heavy atom. The maximum atomic E-state index is 12.8. The highest BCUT2D eigenvalue weighted by atomic mass is 127. The summed E-state index contributed by atoms with van der Waals surface area (Å²) < 4.78 is 37.7. The van der Waals surface area contributed by atoms with Gasteiger partial charge in [0.25, 0.3) is 5.97 Å². The van der Waals surface area contributed by atoms with E-state index in [-0.39, 0.29) is 9.29 Å². The summed E-state index contributed by atoms with van der Waals surface area (Å²) in [5.74, 6) is -4.84. The molecule has 0 spiro atoms. The fourth-order valence-corrected chi connectivity index (χ4v) is 1.37. The van der Waals surface area contributed by atoms with E-state index in [1.807, 2.05) is 0 Å². The molecule has 0 aliphatic carbocycles. The first-order valence-electron chi connectivity index (χ1n) is 2.65. The molecule has 0 aromatic carbocycles. The largest absolute Gasteiger partial charge is 0.313 e. The SMILES string of the molecule is FC1=NC(F)=C(I)C2=NC12F. The lowest BCUT2D eigenvalue weighted by atomic mass is 10.2. The molecular weight excluding hydrogens is 272 g/mol. The topological polar surface area (TPSA) is 24.7 Å². The lowest BCUT2D eigenvalue weighted by molar-refractivity contribution is 0.389. The molecule has 0 bridgehead atoms. The van der Waals surface area contributed by atoms with Crippen LogP contribution in [-0.2, 0) is 0 Å². The molecule has 2 rings (SSSR count). The van der Waals surface area contributed by atoms with Crippen molar-refractivity contribution in [1.29, 1.82) is 0 Å². The number of alkyl halides is 1. The zero-order chi connectivity index (χ0) is 8.22. The first kappa shape index (κ1) is 7.26. The van der Waals surface area contributed by atoms with Crippen LogP contribution in [0, 0.1) is 0 Å². The molecule has 11 heavy (non-hydrogen) atoms. The van der Waals surface area contributed by atoms with Crippen LogP contribution in [0.3, 0.4) is 0 Å². The Hall–Kier alpha value is -0.400. The summed E-state index contributed by atoms with van der Waals surface area (Å²) in [6, 6.07) is 0. The fourth-order valence-electron chi connectivity index (χ4n) is 0.771. The number of rotatable bonds is 0. The molecule has 0 saturated carbocycles. The van der Waals surface area contributed by atoms with Crippen molar-refractivity contribution in [3.8, 4) is 0 Å². The Bertz CT molecular complexity index is 333. The molecule has 0 N–H and O–H groups in total. The van der Waals surface area contributed by atoms with Gasteiger partial charge in [-0.25, -0.2) is 9.38 Å². The molecule has 0 aromatic rings. The van der Waals surface area contributed by atoms with Crippen molar-refractivity contribution in [3.05, 3.63) is 9.53 Å². The van der Waals surface area contributed by atoms with Crippen LogP contribution < -0.4 is 0 Å². The quantitative estimate of drug-likeness (QED) is 0.476. The van der Waals surface area contributed by atoms with Gasteiger partial charge < -0.3 is 0 Å². The Morgan fingerprint density at radius 1 is 1.36 bits per heavy atom. The second-order valence-electron chi connectivity index (χ2n) is 2.09. The molecule has 0 radical (unpaired) electrons. The van der Waals surface area contributed by atoms with E-state index in [2.05, 4.69) is 9.98 Å². The monoisotopic (exact) mass is 272 g/mol. The number of nitrogens with zero attached hydrogens (tertiary/aromatic N) is 2. The minimum Gasteiger partial charge on any atom is -0.230 e. The minimum absolute atomic E-state index is 0.0495. The first-order chi connectivity index (χ1) is 5.05. The second-order valence-corrected chi connectivity index (χ2v) is 3.17. The van der Waals surface area contributed by atoms with Gasteiger partial charge in [0.1, 0.15) is 5.71 Å². The Labute approximate surface area is 73.0 Å². The van der Waals surface area contributed by atoms with Crippen LogP contribution in [-0.4, -0.2) is 17.5 Å². The third-order valence-electron chi connectivity index (χ3n) is 1.39. The predicted molar refractivity (Wildman–Crippen MR) is 42.0 cm³/mol. The molecule has 1 unspecified atom stereocenters. The van der Waals surface area contributed by atoms with Crippen LogP contribution in [0.25, 0.3) is 0 Å². The standard InChI is InChI=1S/C5F3IN2/c6-3-1(9)2-5(8,11-2)4(7)10-3. The van der Waals surface area contributed by atoms with Gasteiger partial charge in [0.15, 0.2) is 0 Å². The number of hydrogen-bond acceptors (Lipinski definition) is 2. The molecule has 2 nitrogen and oxygen atoms in total. The van der Waals surface area contributed by atoms with Gasteiger partial charge in [-0.1, -0.05) is 0 Å². The maximum Gasteiger partial charge on any atom is 0.313 e. The van der Waals surface area contributed by atoms with Gasteiger partial charge in [0.2, 0.25) is 5.95 Å². The zero-order valence-corrected chi connectivity index (χ0v) is 7.06. The molecule has 0 aromatic heterocycles.